The van der Waals surface area contributed by atoms with Crippen LogP contribution in [0.25, 0.3) is 0 Å². The van der Waals surface area contributed by atoms with Gasteiger partial charge in [0, 0.05) is 10.0 Å². The van der Waals surface area contributed by atoms with Crippen LogP contribution in [0.2, 0.25) is 10.0 Å². The Hall–Kier alpha value is -1.98. The number of nitrogens with one attached hydrogen (secondary N) is 2. The van der Waals surface area contributed by atoms with E-state index in [1.807, 2.05) is 0 Å². The van der Waals surface area contributed by atoms with Crippen LogP contribution in [0.3, 0.4) is 0 Å². The number of hydrogen-bond donors (Lipinski definition) is 2. The predicted octanol–water partition coefficient (Wildman–Crippen LogP) is 3.19. The van der Waals surface area contributed by atoms with Crippen molar-refractivity contribution in [3.8, 4) is 0 Å². The summed E-state index contributed by atoms with van der Waals surface area (Å²) in [6.45, 7) is 1.64. The molecule has 0 saturated carbocycles. The van der Waals surface area contributed by atoms with E-state index in [2.05, 4.69) is 10.6 Å². The maximum absolute atomic E-state index is 11.9. The first kappa shape index (κ1) is 16.4. The topological polar surface area (TPSA) is 71.3 Å². The van der Waals surface area contributed by atoms with E-state index in [1.54, 1.807) is 31.2 Å². The summed E-state index contributed by atoms with van der Waals surface area (Å²) in [6, 6.07) is 7.86. The third-order valence-corrected chi connectivity index (χ3v) is 3.52. The Morgan fingerprint density at radius 3 is 2.68 bits per heavy atom. The van der Waals surface area contributed by atoms with Crippen molar-refractivity contribution < 1.29 is 14.0 Å². The van der Waals surface area contributed by atoms with Gasteiger partial charge in [-0.25, -0.2) is 0 Å². The van der Waals surface area contributed by atoms with Crippen molar-refractivity contribution >= 4 is 35.0 Å². The molecular formula is C15H14Cl2N2O3. The summed E-state index contributed by atoms with van der Waals surface area (Å²) in [5, 5.41) is 6.21. The lowest BCUT2D eigenvalue weighted by Gasteiger charge is -2.16. The molecule has 2 rings (SSSR count). The first-order valence-electron chi connectivity index (χ1n) is 6.53. The molecule has 7 heteroatoms. The first-order valence-corrected chi connectivity index (χ1v) is 7.29. The molecule has 2 aromatic rings. The molecule has 0 fully saturated rings. The zero-order valence-electron chi connectivity index (χ0n) is 11.7. The summed E-state index contributed by atoms with van der Waals surface area (Å²) < 4.78 is 4.93. The van der Waals surface area contributed by atoms with Gasteiger partial charge in [-0.05, 0) is 36.8 Å². The van der Waals surface area contributed by atoms with Crippen molar-refractivity contribution in [1.82, 2.24) is 10.6 Å². The normalized spacial score (nSPS) is 11.8. The molecule has 0 radical (unpaired) electrons. The van der Waals surface area contributed by atoms with E-state index in [1.165, 1.54) is 12.3 Å². The van der Waals surface area contributed by atoms with Crippen molar-refractivity contribution in [3.63, 3.8) is 0 Å². The summed E-state index contributed by atoms with van der Waals surface area (Å²) in [7, 11) is 0. The number of halogens is 2. The molecule has 0 saturated heterocycles. The Labute approximate surface area is 137 Å². The van der Waals surface area contributed by atoms with Gasteiger partial charge in [-0.1, -0.05) is 29.3 Å². The van der Waals surface area contributed by atoms with E-state index in [4.69, 9.17) is 27.6 Å². The second-order valence-electron chi connectivity index (χ2n) is 4.62. The number of carbonyl (C=O) groups is 2. The Balaban J connectivity index is 1.87. The highest BCUT2D eigenvalue weighted by molar-refractivity contribution is 6.35. The number of rotatable bonds is 5. The highest BCUT2D eigenvalue weighted by Gasteiger charge is 2.14. The minimum Gasteiger partial charge on any atom is -0.459 e. The standard InChI is InChI=1S/C15H14Cl2N2O3/c1-9(11-5-4-10(16)7-12(11)17)19-14(20)8-18-15(21)13-3-2-6-22-13/h2-7,9H,8H2,1H3,(H,18,21)(H,19,20)/t9-/m1/s1. The SMILES string of the molecule is C[C@@H](NC(=O)CNC(=O)c1ccco1)c1ccc(Cl)cc1Cl. The number of carbonyl (C=O) groups excluding carboxylic acids is 2. The fraction of sp³-hybridized carbons (Fsp3) is 0.200. The highest BCUT2D eigenvalue weighted by Crippen LogP contribution is 2.25. The number of amides is 2. The van der Waals surface area contributed by atoms with Crippen molar-refractivity contribution in [1.29, 1.82) is 0 Å². The maximum atomic E-state index is 11.9. The fourth-order valence-electron chi connectivity index (χ4n) is 1.88. The molecule has 116 valence electrons. The molecule has 0 bridgehead atoms. The quantitative estimate of drug-likeness (QED) is 0.877. The van der Waals surface area contributed by atoms with Crippen LogP contribution >= 0.6 is 23.2 Å². The van der Waals surface area contributed by atoms with Gasteiger partial charge in [0.1, 0.15) is 0 Å². The van der Waals surface area contributed by atoms with Gasteiger partial charge in [-0.2, -0.15) is 0 Å². The third-order valence-electron chi connectivity index (χ3n) is 2.96. The van der Waals surface area contributed by atoms with Gasteiger partial charge >= 0.3 is 0 Å². The van der Waals surface area contributed by atoms with Gasteiger partial charge in [-0.3, -0.25) is 9.59 Å². The molecule has 0 unspecified atom stereocenters. The molecule has 1 aromatic carbocycles. The van der Waals surface area contributed by atoms with Crippen molar-refractivity contribution in [3.05, 3.63) is 58.0 Å². The van der Waals surface area contributed by atoms with Crippen LogP contribution in [0, 0.1) is 0 Å². The van der Waals surface area contributed by atoms with E-state index in [0.29, 0.717) is 10.0 Å². The minimum absolute atomic E-state index is 0.154. The molecule has 0 aliphatic rings. The Morgan fingerprint density at radius 2 is 2.05 bits per heavy atom. The maximum Gasteiger partial charge on any atom is 0.287 e. The molecule has 22 heavy (non-hydrogen) atoms. The van der Waals surface area contributed by atoms with Crippen molar-refractivity contribution in [2.45, 2.75) is 13.0 Å². The summed E-state index contributed by atoms with van der Waals surface area (Å²) in [4.78, 5) is 23.5. The van der Waals surface area contributed by atoms with Crippen LogP contribution in [-0.2, 0) is 4.79 Å². The lowest BCUT2D eigenvalue weighted by atomic mass is 10.1. The van der Waals surface area contributed by atoms with Crippen molar-refractivity contribution in [2.24, 2.45) is 0 Å². The lowest BCUT2D eigenvalue weighted by molar-refractivity contribution is -0.120. The van der Waals surface area contributed by atoms with Gasteiger partial charge in [0.05, 0.1) is 18.8 Å². The zero-order valence-corrected chi connectivity index (χ0v) is 13.2. The molecule has 0 spiro atoms. The van der Waals surface area contributed by atoms with Gasteiger partial charge in [-0.15, -0.1) is 0 Å². The van der Waals surface area contributed by atoms with Crippen LogP contribution in [0.15, 0.2) is 41.0 Å². The summed E-state index contributed by atoms with van der Waals surface area (Å²) in [5.41, 5.74) is 0.747. The summed E-state index contributed by atoms with van der Waals surface area (Å²) >= 11 is 11.9. The predicted molar refractivity (Wildman–Crippen MR) is 84.1 cm³/mol. The molecule has 1 aromatic heterocycles. The van der Waals surface area contributed by atoms with Crippen LogP contribution < -0.4 is 10.6 Å². The smallest absolute Gasteiger partial charge is 0.287 e. The molecular weight excluding hydrogens is 327 g/mol. The highest BCUT2D eigenvalue weighted by atomic mass is 35.5. The van der Waals surface area contributed by atoms with Crippen LogP contribution in [0.1, 0.15) is 29.1 Å². The fourth-order valence-corrected chi connectivity index (χ4v) is 2.45. The van der Waals surface area contributed by atoms with E-state index in [-0.39, 0.29) is 24.3 Å². The number of furan rings is 1. The Bertz CT molecular complexity index is 671. The molecule has 0 aliphatic heterocycles. The molecule has 1 atom stereocenters. The molecule has 2 N–H and O–H groups in total. The Kier molecular flexibility index (Phi) is 5.46. The number of hydrogen-bond acceptors (Lipinski definition) is 3. The van der Waals surface area contributed by atoms with Crippen LogP contribution in [0.5, 0.6) is 0 Å². The molecule has 2 amide bonds. The monoisotopic (exact) mass is 340 g/mol. The van der Waals surface area contributed by atoms with Crippen molar-refractivity contribution in [2.75, 3.05) is 6.54 Å². The lowest BCUT2D eigenvalue weighted by Crippen LogP contribution is -2.38. The second kappa shape index (κ2) is 7.33. The average Bonchev–Trinajstić information content (AvgIpc) is 2.98. The first-order chi connectivity index (χ1) is 10.5. The summed E-state index contributed by atoms with van der Waals surface area (Å²) in [6.07, 6.45) is 1.39. The van der Waals surface area contributed by atoms with Crippen LogP contribution in [-0.4, -0.2) is 18.4 Å². The Morgan fingerprint density at radius 1 is 1.27 bits per heavy atom. The number of benzene rings is 1. The van der Waals surface area contributed by atoms with Crippen LogP contribution in [0.4, 0.5) is 0 Å². The van der Waals surface area contributed by atoms with E-state index in [9.17, 15) is 9.59 Å². The zero-order chi connectivity index (χ0) is 16.1. The largest absolute Gasteiger partial charge is 0.459 e. The van der Waals surface area contributed by atoms with Gasteiger partial charge in [0.2, 0.25) is 5.91 Å². The van der Waals surface area contributed by atoms with Gasteiger partial charge in [0.15, 0.2) is 5.76 Å². The van der Waals surface area contributed by atoms with E-state index >= 15 is 0 Å². The molecule has 0 aliphatic carbocycles. The molecule has 1 heterocycles. The van der Waals surface area contributed by atoms with Gasteiger partial charge in [0.25, 0.3) is 5.91 Å². The minimum atomic E-state index is -0.447. The van der Waals surface area contributed by atoms with E-state index < -0.39 is 5.91 Å². The molecule has 5 nitrogen and oxygen atoms in total. The average molecular weight is 341 g/mol. The van der Waals surface area contributed by atoms with Gasteiger partial charge < -0.3 is 15.1 Å². The van der Waals surface area contributed by atoms with E-state index in [0.717, 1.165) is 5.56 Å². The second-order valence-corrected chi connectivity index (χ2v) is 5.46. The summed E-state index contributed by atoms with van der Waals surface area (Å²) in [5.74, 6) is -0.627. The third kappa shape index (κ3) is 4.26.